The lowest BCUT2D eigenvalue weighted by Crippen LogP contribution is -2.37. The van der Waals surface area contributed by atoms with Gasteiger partial charge in [-0.2, -0.15) is 0 Å². The molecule has 0 fully saturated rings. The van der Waals surface area contributed by atoms with E-state index in [2.05, 4.69) is 26.1 Å². The predicted octanol–water partition coefficient (Wildman–Crippen LogP) is 2.68. The SMILES string of the molecule is CCC(C)(C)NCc1ccc(OC)c(O)c1. The molecule has 16 heavy (non-hydrogen) atoms. The number of phenols is 1. The molecule has 0 amide bonds. The highest BCUT2D eigenvalue weighted by Gasteiger charge is 2.13. The van der Waals surface area contributed by atoms with Crippen LogP contribution < -0.4 is 10.1 Å². The van der Waals surface area contributed by atoms with E-state index in [1.54, 1.807) is 19.2 Å². The number of methoxy groups -OCH3 is 1. The van der Waals surface area contributed by atoms with Crippen LogP contribution in [0.25, 0.3) is 0 Å². The number of nitrogens with one attached hydrogen (secondary N) is 1. The van der Waals surface area contributed by atoms with Crippen molar-refractivity contribution in [1.82, 2.24) is 5.32 Å². The summed E-state index contributed by atoms with van der Waals surface area (Å²) in [6.07, 6.45) is 1.06. The largest absolute Gasteiger partial charge is 0.504 e. The third kappa shape index (κ3) is 3.42. The van der Waals surface area contributed by atoms with Crippen LogP contribution in [0.2, 0.25) is 0 Å². The van der Waals surface area contributed by atoms with Crippen molar-refractivity contribution >= 4 is 0 Å². The van der Waals surface area contributed by atoms with E-state index in [4.69, 9.17) is 4.74 Å². The van der Waals surface area contributed by atoms with E-state index in [1.807, 2.05) is 6.07 Å². The van der Waals surface area contributed by atoms with E-state index < -0.39 is 0 Å². The van der Waals surface area contributed by atoms with E-state index >= 15 is 0 Å². The molecule has 1 aromatic carbocycles. The quantitative estimate of drug-likeness (QED) is 0.806. The van der Waals surface area contributed by atoms with E-state index in [0.717, 1.165) is 18.5 Å². The van der Waals surface area contributed by atoms with Crippen molar-refractivity contribution in [1.29, 1.82) is 0 Å². The summed E-state index contributed by atoms with van der Waals surface area (Å²) >= 11 is 0. The molecule has 0 radical (unpaired) electrons. The summed E-state index contributed by atoms with van der Waals surface area (Å²) in [7, 11) is 1.55. The minimum absolute atomic E-state index is 0.121. The van der Waals surface area contributed by atoms with Gasteiger partial charge in [0.1, 0.15) is 0 Å². The van der Waals surface area contributed by atoms with Crippen LogP contribution in [0.15, 0.2) is 18.2 Å². The van der Waals surface area contributed by atoms with Crippen LogP contribution in [0, 0.1) is 0 Å². The van der Waals surface area contributed by atoms with Gasteiger partial charge in [0.15, 0.2) is 11.5 Å². The normalized spacial score (nSPS) is 11.5. The Hall–Kier alpha value is -1.22. The maximum absolute atomic E-state index is 9.63. The molecule has 0 spiro atoms. The van der Waals surface area contributed by atoms with Crippen LogP contribution in [-0.2, 0) is 6.54 Å². The second-order valence-corrected chi connectivity index (χ2v) is 4.60. The zero-order chi connectivity index (χ0) is 12.2. The van der Waals surface area contributed by atoms with E-state index in [-0.39, 0.29) is 11.3 Å². The summed E-state index contributed by atoms with van der Waals surface area (Å²) in [5.74, 6) is 0.703. The maximum Gasteiger partial charge on any atom is 0.160 e. The van der Waals surface area contributed by atoms with Crippen molar-refractivity contribution in [3.05, 3.63) is 23.8 Å². The Morgan fingerprint density at radius 3 is 2.56 bits per heavy atom. The molecule has 90 valence electrons. The highest BCUT2D eigenvalue weighted by molar-refractivity contribution is 5.41. The van der Waals surface area contributed by atoms with Crippen LogP contribution in [0.3, 0.4) is 0 Å². The fraction of sp³-hybridized carbons (Fsp3) is 0.538. The topological polar surface area (TPSA) is 41.5 Å². The summed E-state index contributed by atoms with van der Waals surface area (Å²) in [6, 6.07) is 5.47. The van der Waals surface area contributed by atoms with Crippen LogP contribution in [0.4, 0.5) is 0 Å². The number of rotatable bonds is 5. The van der Waals surface area contributed by atoms with Gasteiger partial charge in [0.05, 0.1) is 7.11 Å². The molecule has 0 aliphatic carbocycles. The molecular formula is C13H21NO2. The Bertz CT molecular complexity index is 348. The number of ether oxygens (including phenoxy) is 1. The zero-order valence-corrected chi connectivity index (χ0v) is 10.5. The molecule has 0 unspecified atom stereocenters. The molecule has 0 aliphatic heterocycles. The van der Waals surface area contributed by atoms with Crippen LogP contribution in [0.5, 0.6) is 11.5 Å². The van der Waals surface area contributed by atoms with Gasteiger partial charge in [0.25, 0.3) is 0 Å². The van der Waals surface area contributed by atoms with Crippen molar-refractivity contribution in [3.63, 3.8) is 0 Å². The standard InChI is InChI=1S/C13H21NO2/c1-5-13(2,3)14-9-10-6-7-12(16-4)11(15)8-10/h6-8,14-15H,5,9H2,1-4H3. The molecule has 1 aromatic rings. The fourth-order valence-electron chi connectivity index (χ4n) is 1.31. The minimum Gasteiger partial charge on any atom is -0.504 e. The third-order valence-electron chi connectivity index (χ3n) is 2.90. The molecule has 0 aromatic heterocycles. The number of benzene rings is 1. The first-order valence-corrected chi connectivity index (χ1v) is 5.59. The summed E-state index contributed by atoms with van der Waals surface area (Å²) in [5, 5.41) is 13.1. The van der Waals surface area contributed by atoms with Gasteiger partial charge in [-0.3, -0.25) is 0 Å². The lowest BCUT2D eigenvalue weighted by Gasteiger charge is -2.24. The second-order valence-electron chi connectivity index (χ2n) is 4.60. The molecule has 0 saturated heterocycles. The van der Waals surface area contributed by atoms with Crippen LogP contribution in [0.1, 0.15) is 32.8 Å². The number of hydrogen-bond donors (Lipinski definition) is 2. The Morgan fingerprint density at radius 2 is 2.06 bits per heavy atom. The van der Waals surface area contributed by atoms with Gasteiger partial charge < -0.3 is 15.2 Å². The number of hydrogen-bond acceptors (Lipinski definition) is 3. The smallest absolute Gasteiger partial charge is 0.160 e. The zero-order valence-electron chi connectivity index (χ0n) is 10.5. The van der Waals surface area contributed by atoms with Gasteiger partial charge in [-0.05, 0) is 38.0 Å². The van der Waals surface area contributed by atoms with Crippen molar-refractivity contribution in [3.8, 4) is 11.5 Å². The maximum atomic E-state index is 9.63. The molecule has 3 heteroatoms. The van der Waals surface area contributed by atoms with E-state index in [1.165, 1.54) is 0 Å². The molecule has 2 N–H and O–H groups in total. The first-order valence-electron chi connectivity index (χ1n) is 5.59. The number of aromatic hydroxyl groups is 1. The third-order valence-corrected chi connectivity index (χ3v) is 2.90. The molecule has 0 aliphatic rings. The molecule has 0 atom stereocenters. The summed E-state index contributed by atoms with van der Waals surface area (Å²) in [4.78, 5) is 0. The van der Waals surface area contributed by atoms with Crippen LogP contribution in [-0.4, -0.2) is 17.8 Å². The van der Waals surface area contributed by atoms with Gasteiger partial charge in [-0.15, -0.1) is 0 Å². The second kappa shape index (κ2) is 5.21. The monoisotopic (exact) mass is 223 g/mol. The Labute approximate surface area is 97.4 Å². The van der Waals surface area contributed by atoms with Crippen molar-refractivity contribution < 1.29 is 9.84 Å². The van der Waals surface area contributed by atoms with Crippen molar-refractivity contribution in [2.75, 3.05) is 7.11 Å². The molecule has 1 rings (SSSR count). The minimum atomic E-state index is 0.121. The van der Waals surface area contributed by atoms with Gasteiger partial charge in [0, 0.05) is 12.1 Å². The number of phenolic OH excluding ortho intramolecular Hbond substituents is 1. The van der Waals surface area contributed by atoms with Gasteiger partial charge >= 0.3 is 0 Å². The first-order chi connectivity index (χ1) is 7.48. The van der Waals surface area contributed by atoms with E-state index in [0.29, 0.717) is 5.75 Å². The first kappa shape index (κ1) is 12.8. The van der Waals surface area contributed by atoms with Crippen molar-refractivity contribution in [2.45, 2.75) is 39.3 Å². The average Bonchev–Trinajstić information content (AvgIpc) is 2.27. The Kier molecular flexibility index (Phi) is 4.19. The van der Waals surface area contributed by atoms with E-state index in [9.17, 15) is 5.11 Å². The fourth-order valence-corrected chi connectivity index (χ4v) is 1.31. The molecule has 3 nitrogen and oxygen atoms in total. The summed E-state index contributed by atoms with van der Waals surface area (Å²) < 4.78 is 5.00. The molecular weight excluding hydrogens is 202 g/mol. The van der Waals surface area contributed by atoms with Crippen LogP contribution >= 0.6 is 0 Å². The molecule has 0 saturated carbocycles. The predicted molar refractivity (Wildman–Crippen MR) is 65.9 cm³/mol. The summed E-state index contributed by atoms with van der Waals surface area (Å²) in [5.41, 5.74) is 1.18. The Morgan fingerprint density at radius 1 is 1.38 bits per heavy atom. The lowest BCUT2D eigenvalue weighted by atomic mass is 10.0. The average molecular weight is 223 g/mol. The molecule has 0 heterocycles. The Balaban J connectivity index is 2.65. The van der Waals surface area contributed by atoms with Gasteiger partial charge in [-0.1, -0.05) is 13.0 Å². The highest BCUT2D eigenvalue weighted by Crippen LogP contribution is 2.26. The lowest BCUT2D eigenvalue weighted by molar-refractivity contribution is 0.366. The molecule has 0 bridgehead atoms. The van der Waals surface area contributed by atoms with Gasteiger partial charge in [-0.25, -0.2) is 0 Å². The van der Waals surface area contributed by atoms with Crippen molar-refractivity contribution in [2.24, 2.45) is 0 Å². The summed E-state index contributed by atoms with van der Waals surface area (Å²) in [6.45, 7) is 7.23. The highest BCUT2D eigenvalue weighted by atomic mass is 16.5. The van der Waals surface area contributed by atoms with Gasteiger partial charge in [0.2, 0.25) is 0 Å².